The lowest BCUT2D eigenvalue weighted by Gasteiger charge is -2.31. The molecule has 1 saturated heterocycles. The first-order valence-corrected chi connectivity index (χ1v) is 6.99. The van der Waals surface area contributed by atoms with Gasteiger partial charge in [0.2, 0.25) is 0 Å². The Kier molecular flexibility index (Phi) is 5.08. The van der Waals surface area contributed by atoms with Crippen LogP contribution in [0.2, 0.25) is 0 Å². The first-order valence-electron chi connectivity index (χ1n) is 6.99. The van der Waals surface area contributed by atoms with Gasteiger partial charge in [-0.1, -0.05) is 0 Å². The molecular weight excluding hydrogens is 274 g/mol. The fraction of sp³-hybridized carbons (Fsp3) is 0.571. The van der Waals surface area contributed by atoms with E-state index in [0.717, 1.165) is 25.9 Å². The molecule has 7 nitrogen and oxygen atoms in total. The van der Waals surface area contributed by atoms with Crippen molar-refractivity contribution in [1.29, 1.82) is 0 Å². The van der Waals surface area contributed by atoms with Crippen molar-refractivity contribution in [1.82, 2.24) is 10.2 Å². The van der Waals surface area contributed by atoms with E-state index in [9.17, 15) is 9.59 Å². The maximum absolute atomic E-state index is 11.7. The van der Waals surface area contributed by atoms with Crippen molar-refractivity contribution >= 4 is 17.8 Å². The summed E-state index contributed by atoms with van der Waals surface area (Å²) in [6, 6.07) is 3.33. The van der Waals surface area contributed by atoms with Gasteiger partial charge in [0.05, 0.1) is 19.6 Å². The smallest absolute Gasteiger partial charge is 0.358 e. The first kappa shape index (κ1) is 15.2. The summed E-state index contributed by atoms with van der Waals surface area (Å²) in [5, 5.41) is 7.89. The Morgan fingerprint density at radius 3 is 2.52 bits per heavy atom. The minimum atomic E-state index is -0.505. The summed E-state index contributed by atoms with van der Waals surface area (Å²) < 4.78 is 9.62. The van der Waals surface area contributed by atoms with Crippen LogP contribution in [0.5, 0.6) is 0 Å². The zero-order valence-electron chi connectivity index (χ0n) is 12.2. The highest BCUT2D eigenvalue weighted by atomic mass is 16.5. The summed E-state index contributed by atoms with van der Waals surface area (Å²) in [5.74, 6) is 0.0350. The molecule has 0 aliphatic carbocycles. The van der Waals surface area contributed by atoms with Gasteiger partial charge in [0.15, 0.2) is 11.5 Å². The van der Waals surface area contributed by atoms with Crippen LogP contribution in [-0.2, 0) is 14.3 Å². The van der Waals surface area contributed by atoms with Gasteiger partial charge in [-0.3, -0.25) is 4.79 Å². The van der Waals surface area contributed by atoms with Crippen molar-refractivity contribution in [2.75, 3.05) is 31.7 Å². The summed E-state index contributed by atoms with van der Waals surface area (Å²) in [5.41, 5.74) is 0.183. The molecule has 2 rings (SSSR count). The number of esters is 2. The molecule has 1 aliphatic heterocycles. The predicted octanol–water partition coefficient (Wildman–Crippen LogP) is 1.04. The van der Waals surface area contributed by atoms with Gasteiger partial charge in [-0.25, -0.2) is 4.79 Å². The Morgan fingerprint density at radius 1 is 1.29 bits per heavy atom. The van der Waals surface area contributed by atoms with Crippen molar-refractivity contribution < 1.29 is 19.1 Å². The number of ether oxygens (including phenoxy) is 2. The summed E-state index contributed by atoms with van der Waals surface area (Å²) in [6.45, 7) is 3.66. The normalized spacial score (nSPS) is 15.6. The standard InChI is InChI=1S/C14H19N3O4/c1-3-21-13(18)10-6-8-17(9-7-10)12-5-4-11(15-16-12)14(19)20-2/h4-5,10H,3,6-9H2,1-2H3. The van der Waals surface area contributed by atoms with Crippen LogP contribution in [-0.4, -0.2) is 48.9 Å². The number of aromatic nitrogens is 2. The third-order valence-corrected chi connectivity index (χ3v) is 3.48. The average Bonchev–Trinajstić information content (AvgIpc) is 2.54. The van der Waals surface area contributed by atoms with Gasteiger partial charge in [0.1, 0.15) is 0 Å². The largest absolute Gasteiger partial charge is 0.466 e. The molecule has 0 atom stereocenters. The zero-order chi connectivity index (χ0) is 15.2. The van der Waals surface area contributed by atoms with Crippen molar-refractivity contribution in [3.8, 4) is 0 Å². The van der Waals surface area contributed by atoms with Gasteiger partial charge in [-0.2, -0.15) is 0 Å². The molecule has 0 bridgehead atoms. The van der Waals surface area contributed by atoms with Gasteiger partial charge >= 0.3 is 11.9 Å². The summed E-state index contributed by atoms with van der Waals surface area (Å²) in [7, 11) is 1.30. The Balaban J connectivity index is 1.93. The Morgan fingerprint density at radius 2 is 2.00 bits per heavy atom. The van der Waals surface area contributed by atoms with E-state index in [1.807, 2.05) is 11.8 Å². The monoisotopic (exact) mass is 293 g/mol. The molecule has 1 aliphatic rings. The summed E-state index contributed by atoms with van der Waals surface area (Å²) in [4.78, 5) is 25.0. The average molecular weight is 293 g/mol. The number of anilines is 1. The molecule has 0 amide bonds. The maximum Gasteiger partial charge on any atom is 0.358 e. The Labute approximate surface area is 123 Å². The van der Waals surface area contributed by atoms with Gasteiger partial charge in [0.25, 0.3) is 0 Å². The van der Waals surface area contributed by atoms with Gasteiger partial charge in [0, 0.05) is 13.1 Å². The number of hydrogen-bond acceptors (Lipinski definition) is 7. The fourth-order valence-electron chi connectivity index (χ4n) is 2.31. The summed E-state index contributed by atoms with van der Waals surface area (Å²) >= 11 is 0. The SMILES string of the molecule is CCOC(=O)C1CCN(c2ccc(C(=O)OC)nn2)CC1. The highest BCUT2D eigenvalue weighted by molar-refractivity contribution is 5.87. The molecule has 7 heteroatoms. The van der Waals surface area contributed by atoms with E-state index in [1.54, 1.807) is 12.1 Å². The third kappa shape index (κ3) is 3.68. The van der Waals surface area contributed by atoms with Crippen LogP contribution in [0.15, 0.2) is 12.1 Å². The molecule has 0 spiro atoms. The van der Waals surface area contributed by atoms with Crippen LogP contribution in [0.1, 0.15) is 30.3 Å². The maximum atomic E-state index is 11.7. The minimum Gasteiger partial charge on any atom is -0.466 e. The number of piperidine rings is 1. The highest BCUT2D eigenvalue weighted by Gasteiger charge is 2.26. The number of hydrogen-bond donors (Lipinski definition) is 0. The second-order valence-corrected chi connectivity index (χ2v) is 4.78. The molecule has 0 saturated carbocycles. The number of carbonyl (C=O) groups excluding carboxylic acids is 2. The molecule has 21 heavy (non-hydrogen) atoms. The van der Waals surface area contributed by atoms with Crippen LogP contribution in [0.25, 0.3) is 0 Å². The van der Waals surface area contributed by atoms with E-state index in [-0.39, 0.29) is 17.6 Å². The van der Waals surface area contributed by atoms with E-state index >= 15 is 0 Å². The van der Waals surface area contributed by atoms with Crippen LogP contribution in [0.3, 0.4) is 0 Å². The number of nitrogens with zero attached hydrogens (tertiary/aromatic N) is 3. The molecular formula is C14H19N3O4. The third-order valence-electron chi connectivity index (χ3n) is 3.48. The molecule has 1 fully saturated rings. The Hall–Kier alpha value is -2.18. The van der Waals surface area contributed by atoms with Crippen LogP contribution in [0.4, 0.5) is 5.82 Å². The number of methoxy groups -OCH3 is 1. The first-order chi connectivity index (χ1) is 10.2. The topological polar surface area (TPSA) is 81.6 Å². The molecule has 1 aromatic rings. The van der Waals surface area contributed by atoms with Crippen molar-refractivity contribution in [2.24, 2.45) is 5.92 Å². The van der Waals surface area contributed by atoms with E-state index in [4.69, 9.17) is 4.74 Å². The molecule has 0 aromatic carbocycles. The second-order valence-electron chi connectivity index (χ2n) is 4.78. The lowest BCUT2D eigenvalue weighted by molar-refractivity contribution is -0.148. The lowest BCUT2D eigenvalue weighted by atomic mass is 9.97. The quantitative estimate of drug-likeness (QED) is 0.767. The second kappa shape index (κ2) is 7.01. The molecule has 0 radical (unpaired) electrons. The predicted molar refractivity (Wildman–Crippen MR) is 74.9 cm³/mol. The van der Waals surface area contributed by atoms with Gasteiger partial charge < -0.3 is 14.4 Å². The van der Waals surface area contributed by atoms with E-state index in [1.165, 1.54) is 7.11 Å². The molecule has 0 unspecified atom stereocenters. The van der Waals surface area contributed by atoms with Crippen LogP contribution in [0, 0.1) is 5.92 Å². The van der Waals surface area contributed by atoms with Crippen molar-refractivity contribution in [3.63, 3.8) is 0 Å². The van der Waals surface area contributed by atoms with Gasteiger partial charge in [-0.05, 0) is 31.9 Å². The van der Waals surface area contributed by atoms with Crippen LogP contribution < -0.4 is 4.90 Å². The zero-order valence-corrected chi connectivity index (χ0v) is 12.2. The highest BCUT2D eigenvalue weighted by Crippen LogP contribution is 2.22. The molecule has 2 heterocycles. The molecule has 114 valence electrons. The number of rotatable bonds is 4. The molecule has 0 N–H and O–H groups in total. The fourth-order valence-corrected chi connectivity index (χ4v) is 2.31. The minimum absolute atomic E-state index is 0.0384. The summed E-state index contributed by atoms with van der Waals surface area (Å²) in [6.07, 6.45) is 1.47. The Bertz CT molecular complexity index is 495. The van der Waals surface area contributed by atoms with E-state index in [2.05, 4.69) is 14.9 Å². The van der Waals surface area contributed by atoms with Crippen LogP contribution >= 0.6 is 0 Å². The molecule has 1 aromatic heterocycles. The van der Waals surface area contributed by atoms with Crippen molar-refractivity contribution in [3.05, 3.63) is 17.8 Å². The lowest BCUT2D eigenvalue weighted by Crippen LogP contribution is -2.37. The number of carbonyl (C=O) groups is 2. The van der Waals surface area contributed by atoms with Crippen molar-refractivity contribution in [2.45, 2.75) is 19.8 Å². The van der Waals surface area contributed by atoms with E-state index in [0.29, 0.717) is 12.4 Å². The van der Waals surface area contributed by atoms with Gasteiger partial charge in [-0.15, -0.1) is 10.2 Å². The van der Waals surface area contributed by atoms with E-state index < -0.39 is 5.97 Å².